The number of aromatic nitrogens is 3. The highest BCUT2D eigenvalue weighted by Crippen LogP contribution is 2.33. The van der Waals surface area contributed by atoms with Crippen molar-refractivity contribution in [3.63, 3.8) is 0 Å². The summed E-state index contributed by atoms with van der Waals surface area (Å²) < 4.78 is 39.5. The van der Waals surface area contributed by atoms with E-state index in [9.17, 15) is 4.79 Å². The van der Waals surface area contributed by atoms with Crippen LogP contribution in [0.3, 0.4) is 0 Å². The zero-order valence-electron chi connectivity index (χ0n) is 19.5. The molecule has 2 aliphatic heterocycles. The van der Waals surface area contributed by atoms with Gasteiger partial charge in [-0.1, -0.05) is 12.1 Å². The molecule has 180 valence electrons. The fourth-order valence-corrected chi connectivity index (χ4v) is 5.33. The van der Waals surface area contributed by atoms with Crippen molar-refractivity contribution >= 4 is 16.8 Å². The molecule has 2 aliphatic rings. The highest BCUT2D eigenvalue weighted by molar-refractivity contribution is 5.97. The molecule has 0 bridgehead atoms. The molecule has 2 aromatic heterocycles. The third-order valence-corrected chi connectivity index (χ3v) is 7.16. The van der Waals surface area contributed by atoms with Gasteiger partial charge >= 0.3 is 0 Å². The van der Waals surface area contributed by atoms with E-state index in [0.717, 1.165) is 49.1 Å². The van der Waals surface area contributed by atoms with Crippen LogP contribution in [0.25, 0.3) is 22.0 Å². The van der Waals surface area contributed by atoms with Crippen LogP contribution >= 0.6 is 0 Å². The molecule has 1 saturated heterocycles. The largest absolute Gasteiger partial charge is 0.381 e. The molecule has 2 aromatic carbocycles. The molecule has 0 unspecified atom stereocenters. The average molecular weight is 477 g/mol. The number of carbonyl (C=O) groups is 1. The molecule has 0 atom stereocenters. The molecule has 0 saturated carbocycles. The first-order chi connectivity index (χ1) is 17.0. The molecule has 35 heavy (non-hydrogen) atoms. The highest BCUT2D eigenvalue weighted by Gasteiger charge is 2.33. The first-order valence-corrected chi connectivity index (χ1v) is 11.9. The molecular weight excluding hydrogens is 450 g/mol. The van der Waals surface area contributed by atoms with Crippen LogP contribution in [0.1, 0.15) is 34.5 Å². The van der Waals surface area contributed by atoms with Gasteiger partial charge in [-0.2, -0.15) is 5.10 Å². The van der Waals surface area contributed by atoms with E-state index in [0.29, 0.717) is 29.3 Å². The van der Waals surface area contributed by atoms with Crippen LogP contribution in [0.5, 0.6) is 0 Å². The van der Waals surface area contributed by atoms with Crippen LogP contribution in [-0.4, -0.2) is 38.4 Å². The van der Waals surface area contributed by atoms with Gasteiger partial charge < -0.3 is 14.2 Å². The van der Waals surface area contributed by atoms with Gasteiger partial charge in [-0.15, -0.1) is 0 Å². The Morgan fingerprint density at radius 3 is 2.66 bits per heavy atom. The topological polar surface area (TPSA) is 52.3 Å². The predicted molar refractivity (Wildman–Crippen MR) is 128 cm³/mol. The summed E-state index contributed by atoms with van der Waals surface area (Å²) in [5, 5.41) is 5.20. The van der Waals surface area contributed by atoms with Gasteiger partial charge in [0.1, 0.15) is 17.3 Å². The number of aryl methyl sites for hydroxylation is 1. The van der Waals surface area contributed by atoms with Crippen molar-refractivity contribution in [2.75, 3.05) is 13.2 Å². The van der Waals surface area contributed by atoms with Gasteiger partial charge in [0.05, 0.1) is 12.1 Å². The number of amides is 1. The lowest BCUT2D eigenvalue weighted by Gasteiger charge is -2.23. The van der Waals surface area contributed by atoms with Crippen molar-refractivity contribution in [2.24, 2.45) is 13.0 Å². The fraction of sp³-hybridized carbons (Fsp3) is 0.333. The van der Waals surface area contributed by atoms with Crippen molar-refractivity contribution in [3.8, 4) is 11.1 Å². The SMILES string of the molecule is Cn1cc2c(-c3cc(F)c(CN4Cc5ccn(CC6CCOCC6)c5C4=O)c(F)c3)cccc2n1. The van der Waals surface area contributed by atoms with Crippen LogP contribution in [0, 0.1) is 17.6 Å². The Morgan fingerprint density at radius 2 is 1.89 bits per heavy atom. The minimum Gasteiger partial charge on any atom is -0.381 e. The first kappa shape index (κ1) is 22.0. The van der Waals surface area contributed by atoms with E-state index in [-0.39, 0.29) is 18.0 Å². The smallest absolute Gasteiger partial charge is 0.271 e. The summed E-state index contributed by atoms with van der Waals surface area (Å²) in [6.07, 6.45) is 5.73. The number of carbonyl (C=O) groups excluding carboxylic acids is 1. The van der Waals surface area contributed by atoms with E-state index >= 15 is 8.78 Å². The van der Waals surface area contributed by atoms with Gasteiger partial charge in [0, 0.05) is 62.3 Å². The molecule has 6 rings (SSSR count). The molecule has 0 aliphatic carbocycles. The van der Waals surface area contributed by atoms with Crippen molar-refractivity contribution in [1.82, 2.24) is 19.2 Å². The lowest BCUT2D eigenvalue weighted by atomic mass is 9.99. The van der Waals surface area contributed by atoms with Crippen molar-refractivity contribution < 1.29 is 18.3 Å². The van der Waals surface area contributed by atoms with E-state index in [1.165, 1.54) is 17.0 Å². The quantitative estimate of drug-likeness (QED) is 0.412. The molecule has 0 radical (unpaired) electrons. The minimum atomic E-state index is -0.657. The van der Waals surface area contributed by atoms with Gasteiger partial charge in [-0.25, -0.2) is 8.78 Å². The lowest BCUT2D eigenvalue weighted by Crippen LogP contribution is -2.27. The number of hydrogen-bond donors (Lipinski definition) is 0. The molecule has 8 heteroatoms. The number of halogens is 2. The summed E-state index contributed by atoms with van der Waals surface area (Å²) in [5.74, 6) is -1.03. The summed E-state index contributed by atoms with van der Waals surface area (Å²) in [6.45, 7) is 2.50. The van der Waals surface area contributed by atoms with E-state index in [1.807, 2.05) is 48.3 Å². The monoisotopic (exact) mass is 476 g/mol. The van der Waals surface area contributed by atoms with Gasteiger partial charge in [0.25, 0.3) is 5.91 Å². The molecule has 6 nitrogen and oxygen atoms in total. The van der Waals surface area contributed by atoms with E-state index < -0.39 is 11.6 Å². The zero-order chi connectivity index (χ0) is 24.1. The molecule has 4 aromatic rings. The summed E-state index contributed by atoms with van der Waals surface area (Å²) in [6, 6.07) is 10.2. The molecule has 1 fully saturated rings. The maximum atomic E-state index is 15.2. The Balaban J connectivity index is 1.24. The normalized spacial score (nSPS) is 16.4. The van der Waals surface area contributed by atoms with Crippen LogP contribution < -0.4 is 0 Å². The predicted octanol–water partition coefficient (Wildman–Crippen LogP) is 4.90. The van der Waals surface area contributed by atoms with Crippen LogP contribution in [-0.2, 0) is 31.4 Å². The Hall–Kier alpha value is -3.52. The average Bonchev–Trinajstić information content (AvgIpc) is 3.51. The van der Waals surface area contributed by atoms with Crippen molar-refractivity contribution in [2.45, 2.75) is 32.5 Å². The Kier molecular flexibility index (Phi) is 5.40. The summed E-state index contributed by atoms with van der Waals surface area (Å²) >= 11 is 0. The second-order valence-corrected chi connectivity index (χ2v) is 9.52. The molecule has 0 N–H and O–H groups in total. The van der Waals surface area contributed by atoms with Gasteiger partial charge in [-0.05, 0) is 54.2 Å². The second-order valence-electron chi connectivity index (χ2n) is 9.52. The Bertz CT molecular complexity index is 1410. The van der Waals surface area contributed by atoms with Crippen LogP contribution in [0.4, 0.5) is 8.78 Å². The standard InChI is InChI=1S/C27H26F2N4O2/c1-31-15-21-20(3-2-4-25(21)30-31)19-11-23(28)22(24(29)12-19)16-33-14-18-5-8-32(26(18)27(33)34)13-17-6-9-35-10-7-17/h2-5,8,11-12,15,17H,6-7,9-10,13-14,16H2,1H3. The zero-order valence-corrected chi connectivity index (χ0v) is 19.5. The Morgan fingerprint density at radius 1 is 1.11 bits per heavy atom. The number of hydrogen-bond acceptors (Lipinski definition) is 3. The number of nitrogens with zero attached hydrogens (tertiary/aromatic N) is 4. The molecular formula is C27H26F2N4O2. The third kappa shape index (κ3) is 3.91. The number of rotatable bonds is 5. The van der Waals surface area contributed by atoms with E-state index in [1.54, 1.807) is 4.68 Å². The highest BCUT2D eigenvalue weighted by atomic mass is 19.1. The fourth-order valence-electron chi connectivity index (χ4n) is 5.33. The summed E-state index contributed by atoms with van der Waals surface area (Å²) in [7, 11) is 1.81. The van der Waals surface area contributed by atoms with Crippen LogP contribution in [0.2, 0.25) is 0 Å². The summed E-state index contributed by atoms with van der Waals surface area (Å²) in [4.78, 5) is 14.7. The first-order valence-electron chi connectivity index (χ1n) is 11.9. The van der Waals surface area contributed by atoms with Gasteiger partial charge in [-0.3, -0.25) is 9.48 Å². The van der Waals surface area contributed by atoms with E-state index in [2.05, 4.69) is 5.10 Å². The van der Waals surface area contributed by atoms with Gasteiger partial charge in [0.15, 0.2) is 0 Å². The number of fused-ring (bicyclic) bond motifs is 2. The number of benzene rings is 2. The number of ether oxygens (including phenoxy) is 1. The lowest BCUT2D eigenvalue weighted by molar-refractivity contribution is 0.0604. The minimum absolute atomic E-state index is 0.0957. The maximum absolute atomic E-state index is 15.2. The molecule has 4 heterocycles. The molecule has 1 amide bonds. The Labute approximate surface area is 201 Å². The summed E-state index contributed by atoms with van der Waals surface area (Å²) in [5.41, 5.74) is 3.37. The van der Waals surface area contributed by atoms with Crippen LogP contribution in [0.15, 0.2) is 48.8 Å². The van der Waals surface area contributed by atoms with Crippen molar-refractivity contribution in [1.29, 1.82) is 0 Å². The third-order valence-electron chi connectivity index (χ3n) is 7.16. The van der Waals surface area contributed by atoms with E-state index in [4.69, 9.17) is 4.74 Å². The van der Waals surface area contributed by atoms with Crippen molar-refractivity contribution in [3.05, 3.63) is 77.2 Å². The molecule has 0 spiro atoms. The second kappa shape index (κ2) is 8.61. The maximum Gasteiger partial charge on any atom is 0.271 e. The van der Waals surface area contributed by atoms with Gasteiger partial charge in [0.2, 0.25) is 0 Å².